The van der Waals surface area contributed by atoms with Crippen molar-refractivity contribution in [3.05, 3.63) is 114 Å². The summed E-state index contributed by atoms with van der Waals surface area (Å²) in [6.07, 6.45) is 5.26. The van der Waals surface area contributed by atoms with Crippen molar-refractivity contribution in [1.29, 1.82) is 0 Å². The molecule has 0 saturated carbocycles. The molecule has 1 unspecified atom stereocenters. The predicted molar refractivity (Wildman–Crippen MR) is 176 cm³/mol. The van der Waals surface area contributed by atoms with Crippen LogP contribution in [0.2, 0.25) is 0 Å². The van der Waals surface area contributed by atoms with Gasteiger partial charge >= 0.3 is 14.1 Å². The number of ether oxygens (including phenoxy) is 1. The van der Waals surface area contributed by atoms with Crippen LogP contribution >= 0.6 is 19.9 Å². The third kappa shape index (κ3) is 7.67. The van der Waals surface area contributed by atoms with Crippen molar-refractivity contribution < 1.29 is 28.4 Å². The number of nitrogens with zero attached hydrogens (tertiary/aromatic N) is 4. The molecule has 46 heavy (non-hydrogen) atoms. The largest absolute Gasteiger partial charge is 0.690 e. The maximum Gasteiger partial charge on any atom is 0.690 e. The van der Waals surface area contributed by atoms with Crippen LogP contribution in [0, 0.1) is 6.92 Å². The number of hydrogen-bond donors (Lipinski definition) is 1. The minimum absolute atomic E-state index is 0.207. The normalized spacial score (nSPS) is 12.3. The van der Waals surface area contributed by atoms with Crippen molar-refractivity contribution in [3.8, 4) is 5.75 Å². The second kappa shape index (κ2) is 14.9. The first-order valence-electron chi connectivity index (χ1n) is 14.2. The van der Waals surface area contributed by atoms with Gasteiger partial charge in [0.15, 0.2) is 11.8 Å². The summed E-state index contributed by atoms with van der Waals surface area (Å²) in [6, 6.07) is 24.4. The number of amides is 1. The van der Waals surface area contributed by atoms with Crippen LogP contribution in [-0.4, -0.2) is 51.8 Å². The van der Waals surface area contributed by atoms with Crippen molar-refractivity contribution in [3.63, 3.8) is 0 Å². The van der Waals surface area contributed by atoms with Crippen molar-refractivity contribution in [2.75, 3.05) is 14.2 Å². The van der Waals surface area contributed by atoms with Crippen LogP contribution in [0.3, 0.4) is 0 Å². The highest BCUT2D eigenvalue weighted by atomic mass is 32.2. The van der Waals surface area contributed by atoms with Crippen LogP contribution < -0.4 is 10.2 Å². The molecule has 234 valence electrons. The minimum atomic E-state index is -2.79. The first kappa shape index (κ1) is 32.5. The van der Waals surface area contributed by atoms with E-state index >= 15 is 0 Å². The molecule has 1 amide bonds. The molecule has 0 spiro atoms. The summed E-state index contributed by atoms with van der Waals surface area (Å²) >= 11 is 1.38. The lowest BCUT2D eigenvalue weighted by molar-refractivity contribution is -0.276. The van der Waals surface area contributed by atoms with Crippen LogP contribution in [0.4, 0.5) is 0 Å². The molecule has 0 aliphatic carbocycles. The molecular formula is C33H31N5O6PS+. The lowest BCUT2D eigenvalue weighted by Crippen LogP contribution is -2.41. The Bertz CT molecular complexity index is 1900. The van der Waals surface area contributed by atoms with Crippen molar-refractivity contribution in [1.82, 2.24) is 25.1 Å². The number of esters is 1. The summed E-state index contributed by atoms with van der Waals surface area (Å²) in [7, 11) is 0.0342. The van der Waals surface area contributed by atoms with E-state index in [1.165, 1.54) is 30.2 Å². The molecule has 2 aromatic heterocycles. The van der Waals surface area contributed by atoms with Gasteiger partial charge in [-0.3, -0.25) is 14.6 Å². The van der Waals surface area contributed by atoms with Crippen molar-refractivity contribution >= 4 is 54.9 Å². The van der Waals surface area contributed by atoms with Crippen molar-refractivity contribution in [2.24, 2.45) is 0 Å². The number of pyridine rings is 1. The number of aromatic nitrogens is 3. The summed E-state index contributed by atoms with van der Waals surface area (Å²) in [5, 5.41) is 8.84. The zero-order valence-corrected chi connectivity index (χ0v) is 27.2. The van der Waals surface area contributed by atoms with E-state index in [-0.39, 0.29) is 5.91 Å². The number of aryl methyl sites for hydroxylation is 1. The predicted octanol–water partition coefficient (Wildman–Crippen LogP) is 6.72. The topological polar surface area (TPSA) is 125 Å². The number of benzene rings is 3. The molecule has 0 saturated heterocycles. The average molecular weight is 657 g/mol. The third-order valence-corrected chi connectivity index (χ3v) is 8.71. The average Bonchev–Trinajstić information content (AvgIpc) is 3.45. The molecule has 0 aliphatic heterocycles. The number of hydrogen-bond acceptors (Lipinski definition) is 10. The van der Waals surface area contributed by atoms with Gasteiger partial charge in [0.25, 0.3) is 5.91 Å². The number of fused-ring (bicyclic) bond motifs is 1. The molecule has 0 aliphatic rings. The van der Waals surface area contributed by atoms with Crippen LogP contribution in [0.15, 0.2) is 101 Å². The molecule has 0 fully saturated rings. The third-order valence-electron chi connectivity index (χ3n) is 6.73. The Morgan fingerprint density at radius 2 is 1.78 bits per heavy atom. The summed E-state index contributed by atoms with van der Waals surface area (Å²) in [5.74, 6) is -0.503. The molecule has 1 N–H and O–H groups in total. The number of rotatable bonds is 12. The van der Waals surface area contributed by atoms with E-state index in [2.05, 4.69) is 15.4 Å². The van der Waals surface area contributed by atoms with E-state index in [1.807, 2.05) is 67.6 Å². The standard InChI is InChI=1S/C33H30N5O6PS/c1-22-12-15-25(16-13-22)43-38(23(2)33(40)42-4)44-45(41)37-30-21-26(46-31-11-6-5-10-28(31)32(39)34-3)17-18-27(30)29(36-37)19-14-24-9-7-8-20-35-24/h5-21,23H,1-4H3/p+1/b19-14+/t23-/m0/s1. The zero-order valence-electron chi connectivity index (χ0n) is 25.5. The lowest BCUT2D eigenvalue weighted by Gasteiger charge is -2.20. The zero-order chi connectivity index (χ0) is 32.6. The molecule has 11 nitrogen and oxygen atoms in total. The van der Waals surface area contributed by atoms with Gasteiger partial charge < -0.3 is 14.9 Å². The summed E-state index contributed by atoms with van der Waals surface area (Å²) in [6.45, 7) is 3.43. The Balaban J connectivity index is 1.54. The second-order valence-electron chi connectivity index (χ2n) is 9.93. The number of hydroxylamine groups is 2. The van der Waals surface area contributed by atoms with Gasteiger partial charge in [0.1, 0.15) is 5.52 Å². The molecule has 3 aromatic carbocycles. The highest BCUT2D eigenvalue weighted by molar-refractivity contribution is 7.99. The lowest BCUT2D eigenvalue weighted by atomic mass is 10.2. The Labute approximate surface area is 271 Å². The monoisotopic (exact) mass is 656 g/mol. The molecule has 0 bridgehead atoms. The van der Waals surface area contributed by atoms with E-state index in [0.717, 1.165) is 20.6 Å². The Kier molecular flexibility index (Phi) is 10.6. The number of methoxy groups -OCH3 is 1. The molecular weight excluding hydrogens is 625 g/mol. The highest BCUT2D eigenvalue weighted by Gasteiger charge is 2.38. The fourth-order valence-corrected chi connectivity index (χ4v) is 6.16. The van der Waals surface area contributed by atoms with Gasteiger partial charge in [-0.2, -0.15) is 0 Å². The number of nitrogens with one attached hydrogen (secondary N) is 1. The smallest absolute Gasteiger partial charge is 0.468 e. The maximum atomic E-state index is 13.9. The molecule has 0 radical (unpaired) electrons. The van der Waals surface area contributed by atoms with Gasteiger partial charge in [-0.15, -0.1) is 5.10 Å². The molecule has 2 atom stereocenters. The first-order chi connectivity index (χ1) is 22.3. The summed E-state index contributed by atoms with van der Waals surface area (Å²) < 4.78 is 25.8. The van der Waals surface area contributed by atoms with Crippen LogP contribution in [0.5, 0.6) is 5.75 Å². The summed E-state index contributed by atoms with van der Waals surface area (Å²) in [5.41, 5.74) is 3.26. The fraction of sp³-hybridized carbons (Fsp3) is 0.152. The molecule has 13 heteroatoms. The number of carbonyl (C=O) groups is 2. The molecule has 2 heterocycles. The van der Waals surface area contributed by atoms with E-state index in [4.69, 9.17) is 14.2 Å². The van der Waals surface area contributed by atoms with Gasteiger partial charge in [0.2, 0.25) is 0 Å². The van der Waals surface area contributed by atoms with E-state index < -0.39 is 20.2 Å². The van der Waals surface area contributed by atoms with E-state index in [1.54, 1.807) is 49.7 Å². The Morgan fingerprint density at radius 1 is 1.02 bits per heavy atom. The second-order valence-corrected chi connectivity index (χ2v) is 12.1. The minimum Gasteiger partial charge on any atom is -0.468 e. The van der Waals surface area contributed by atoms with Gasteiger partial charge in [-0.05, 0) is 85.0 Å². The van der Waals surface area contributed by atoms with Gasteiger partial charge in [-0.25, -0.2) is 0 Å². The van der Waals surface area contributed by atoms with Crippen LogP contribution in [0.1, 0.15) is 34.2 Å². The SMILES string of the molecule is CNC(=O)c1ccccc1Sc1ccc2c(/C=C/c3ccccn3)nn([P+](=O)ON(Oc3ccc(C)cc3)[C@@H](C)C(=O)OC)c2c1. The van der Waals surface area contributed by atoms with E-state index in [9.17, 15) is 14.2 Å². The van der Waals surface area contributed by atoms with Gasteiger partial charge in [0.05, 0.1) is 24.1 Å². The van der Waals surface area contributed by atoms with Crippen LogP contribution in [0.25, 0.3) is 23.1 Å². The van der Waals surface area contributed by atoms with Crippen LogP contribution in [-0.2, 0) is 18.7 Å². The molecule has 5 aromatic rings. The maximum absolute atomic E-state index is 13.9. The summed E-state index contributed by atoms with van der Waals surface area (Å²) in [4.78, 5) is 36.7. The van der Waals surface area contributed by atoms with Crippen molar-refractivity contribution in [2.45, 2.75) is 29.7 Å². The molecule has 5 rings (SSSR count). The van der Waals surface area contributed by atoms with E-state index in [0.29, 0.717) is 33.6 Å². The highest BCUT2D eigenvalue weighted by Crippen LogP contribution is 2.38. The van der Waals surface area contributed by atoms with Gasteiger partial charge in [0, 0.05) is 42.8 Å². The fourth-order valence-electron chi connectivity index (χ4n) is 4.29. The van der Waals surface area contributed by atoms with Gasteiger partial charge in [-0.1, -0.05) is 47.7 Å². The first-order valence-corrected chi connectivity index (χ1v) is 16.1. The quantitative estimate of drug-likeness (QED) is 0.0880. The Hall–Kier alpha value is -4.87. The number of carbonyl (C=O) groups excluding carboxylic acids is 2. The Morgan fingerprint density at radius 3 is 2.50 bits per heavy atom.